The van der Waals surface area contributed by atoms with Crippen molar-refractivity contribution in [2.45, 2.75) is 13.0 Å². The van der Waals surface area contributed by atoms with Gasteiger partial charge in [0.1, 0.15) is 0 Å². The summed E-state index contributed by atoms with van der Waals surface area (Å²) in [4.78, 5) is 3.21. The minimum atomic E-state index is 0.184. The summed E-state index contributed by atoms with van der Waals surface area (Å²) in [6.07, 6.45) is 0. The van der Waals surface area contributed by atoms with Crippen LogP contribution in [0.5, 0.6) is 0 Å². The van der Waals surface area contributed by atoms with Crippen LogP contribution in [0.25, 0.3) is 11.0 Å². The summed E-state index contributed by atoms with van der Waals surface area (Å²) in [5.74, 6) is 0. The first kappa shape index (κ1) is 12.5. The lowest BCUT2D eigenvalue weighted by Crippen LogP contribution is -2.06. The van der Waals surface area contributed by atoms with Crippen LogP contribution < -0.4 is 0 Å². The highest BCUT2D eigenvalue weighted by Crippen LogP contribution is 2.25. The van der Waals surface area contributed by atoms with Gasteiger partial charge in [0.05, 0.1) is 17.1 Å². The van der Waals surface area contributed by atoms with Crippen LogP contribution >= 0.6 is 23.8 Å². The summed E-state index contributed by atoms with van der Waals surface area (Å²) in [6, 6.07) is 16.3. The van der Waals surface area contributed by atoms with Crippen molar-refractivity contribution in [2.75, 3.05) is 0 Å². The van der Waals surface area contributed by atoms with Crippen molar-refractivity contribution >= 4 is 34.9 Å². The van der Waals surface area contributed by atoms with Gasteiger partial charge in [0, 0.05) is 5.02 Å². The molecule has 1 heterocycles. The van der Waals surface area contributed by atoms with Gasteiger partial charge in [-0.2, -0.15) is 0 Å². The van der Waals surface area contributed by atoms with Gasteiger partial charge in [-0.25, -0.2) is 0 Å². The Kier molecular flexibility index (Phi) is 3.17. The number of rotatable bonds is 2. The molecule has 1 atom stereocenters. The van der Waals surface area contributed by atoms with E-state index in [1.54, 1.807) is 0 Å². The third-order valence-electron chi connectivity index (χ3n) is 3.35. The van der Waals surface area contributed by atoms with Gasteiger partial charge in [0.15, 0.2) is 4.77 Å². The fraction of sp³-hybridized carbons (Fsp3) is 0.133. The summed E-state index contributed by atoms with van der Waals surface area (Å²) in [6.45, 7) is 2.15. The van der Waals surface area contributed by atoms with Crippen molar-refractivity contribution < 1.29 is 0 Å². The molecule has 0 radical (unpaired) electrons. The molecule has 19 heavy (non-hydrogen) atoms. The average molecular weight is 289 g/mol. The molecule has 3 aromatic rings. The highest BCUT2D eigenvalue weighted by Gasteiger charge is 2.12. The Labute approximate surface area is 121 Å². The number of aromatic amines is 1. The molecule has 0 fully saturated rings. The van der Waals surface area contributed by atoms with Crippen LogP contribution in [-0.2, 0) is 0 Å². The molecule has 4 heteroatoms. The summed E-state index contributed by atoms with van der Waals surface area (Å²) in [5, 5.41) is 0.711. The molecule has 1 N–H and O–H groups in total. The molecule has 1 aromatic heterocycles. The van der Waals surface area contributed by atoms with Crippen molar-refractivity contribution in [1.82, 2.24) is 9.55 Å². The molecule has 0 unspecified atom stereocenters. The summed E-state index contributed by atoms with van der Waals surface area (Å²) in [5.41, 5.74) is 3.28. The number of hydrogen-bond donors (Lipinski definition) is 1. The minimum absolute atomic E-state index is 0.184. The molecule has 3 rings (SSSR count). The van der Waals surface area contributed by atoms with Gasteiger partial charge in [-0.05, 0) is 42.9 Å². The maximum Gasteiger partial charge on any atom is 0.178 e. The standard InChI is InChI=1S/C15H13ClN2S/c1-10(11-5-3-2-4-6-11)18-14-8-7-12(16)9-13(14)17-15(18)19/h2-10H,1H3,(H,17,19)/t10-/m1/s1. The number of fused-ring (bicyclic) bond motifs is 1. The predicted molar refractivity (Wildman–Crippen MR) is 82.4 cm³/mol. The molecule has 0 spiro atoms. The molecule has 0 aliphatic heterocycles. The van der Waals surface area contributed by atoms with E-state index < -0.39 is 0 Å². The van der Waals surface area contributed by atoms with E-state index in [-0.39, 0.29) is 6.04 Å². The first-order valence-corrected chi connectivity index (χ1v) is 6.90. The van der Waals surface area contributed by atoms with Crippen LogP contribution in [0.2, 0.25) is 5.02 Å². The van der Waals surface area contributed by atoms with E-state index in [4.69, 9.17) is 23.8 Å². The van der Waals surface area contributed by atoms with E-state index >= 15 is 0 Å². The molecule has 0 bridgehead atoms. The lowest BCUT2D eigenvalue weighted by Gasteiger charge is -2.15. The molecule has 96 valence electrons. The van der Waals surface area contributed by atoms with Gasteiger partial charge in [0.2, 0.25) is 0 Å². The van der Waals surface area contributed by atoms with Gasteiger partial charge in [0.25, 0.3) is 0 Å². The molecule has 2 nitrogen and oxygen atoms in total. The predicted octanol–water partition coefficient (Wildman–Crippen LogP) is 4.96. The van der Waals surface area contributed by atoms with E-state index in [0.717, 1.165) is 11.0 Å². The highest BCUT2D eigenvalue weighted by atomic mass is 35.5. The zero-order chi connectivity index (χ0) is 13.4. The largest absolute Gasteiger partial charge is 0.331 e. The number of aromatic nitrogens is 2. The lowest BCUT2D eigenvalue weighted by atomic mass is 10.1. The van der Waals surface area contributed by atoms with Crippen LogP contribution in [0, 0.1) is 4.77 Å². The number of H-pyrrole nitrogens is 1. The SMILES string of the molecule is C[C@H](c1ccccc1)n1c(=S)[nH]c2cc(Cl)ccc21. The molecule has 0 saturated heterocycles. The third kappa shape index (κ3) is 2.20. The first-order valence-electron chi connectivity index (χ1n) is 6.11. The molecule has 2 aromatic carbocycles. The van der Waals surface area contributed by atoms with Crippen LogP contribution in [0.3, 0.4) is 0 Å². The Morgan fingerprint density at radius 2 is 1.89 bits per heavy atom. The van der Waals surface area contributed by atoms with E-state index in [1.807, 2.05) is 36.4 Å². The molecular weight excluding hydrogens is 276 g/mol. The Hall–Kier alpha value is -1.58. The second kappa shape index (κ2) is 4.83. The van der Waals surface area contributed by atoms with E-state index in [0.29, 0.717) is 9.79 Å². The molecule has 0 aliphatic rings. The van der Waals surface area contributed by atoms with E-state index in [9.17, 15) is 0 Å². The summed E-state index contributed by atoms with van der Waals surface area (Å²) >= 11 is 11.5. The molecule has 0 aliphatic carbocycles. The highest BCUT2D eigenvalue weighted by molar-refractivity contribution is 7.71. The zero-order valence-corrected chi connectivity index (χ0v) is 12.0. The number of halogens is 1. The number of hydrogen-bond acceptors (Lipinski definition) is 1. The van der Waals surface area contributed by atoms with Gasteiger partial charge in [-0.15, -0.1) is 0 Å². The van der Waals surface area contributed by atoms with Gasteiger partial charge < -0.3 is 9.55 Å². The maximum atomic E-state index is 6.01. The Morgan fingerprint density at radius 1 is 1.16 bits per heavy atom. The van der Waals surface area contributed by atoms with Gasteiger partial charge in [-0.3, -0.25) is 0 Å². The Morgan fingerprint density at radius 3 is 2.63 bits per heavy atom. The van der Waals surface area contributed by atoms with Crippen molar-refractivity contribution in [3.05, 3.63) is 63.9 Å². The number of imidazole rings is 1. The second-order valence-electron chi connectivity index (χ2n) is 4.55. The Balaban J connectivity index is 2.20. The Bertz CT molecular complexity index is 774. The van der Waals surface area contributed by atoms with Crippen molar-refractivity contribution in [3.63, 3.8) is 0 Å². The normalized spacial score (nSPS) is 12.7. The molecule has 0 saturated carbocycles. The zero-order valence-electron chi connectivity index (χ0n) is 10.4. The fourth-order valence-corrected chi connectivity index (χ4v) is 2.91. The number of nitrogens with zero attached hydrogens (tertiary/aromatic N) is 1. The average Bonchev–Trinajstić information content (AvgIpc) is 2.74. The summed E-state index contributed by atoms with van der Waals surface area (Å²) < 4.78 is 2.84. The van der Waals surface area contributed by atoms with Crippen LogP contribution in [0.1, 0.15) is 18.5 Å². The van der Waals surface area contributed by atoms with Crippen LogP contribution in [0.15, 0.2) is 48.5 Å². The first-order chi connectivity index (χ1) is 9.16. The van der Waals surface area contributed by atoms with Gasteiger partial charge >= 0.3 is 0 Å². The molecular formula is C15H13ClN2S. The van der Waals surface area contributed by atoms with Crippen molar-refractivity contribution in [2.24, 2.45) is 0 Å². The van der Waals surface area contributed by atoms with Crippen molar-refractivity contribution in [1.29, 1.82) is 0 Å². The maximum absolute atomic E-state index is 6.01. The topological polar surface area (TPSA) is 20.7 Å². The van der Waals surface area contributed by atoms with Crippen LogP contribution in [-0.4, -0.2) is 9.55 Å². The monoisotopic (exact) mass is 288 g/mol. The lowest BCUT2D eigenvalue weighted by molar-refractivity contribution is 0.649. The van der Waals surface area contributed by atoms with E-state index in [2.05, 4.69) is 28.6 Å². The van der Waals surface area contributed by atoms with Gasteiger partial charge in [-0.1, -0.05) is 41.9 Å². The number of benzene rings is 2. The smallest absolute Gasteiger partial charge is 0.178 e. The third-order valence-corrected chi connectivity index (χ3v) is 3.88. The number of nitrogens with one attached hydrogen (secondary N) is 1. The minimum Gasteiger partial charge on any atom is -0.331 e. The van der Waals surface area contributed by atoms with Crippen molar-refractivity contribution in [3.8, 4) is 0 Å². The second-order valence-corrected chi connectivity index (χ2v) is 5.37. The fourth-order valence-electron chi connectivity index (χ4n) is 2.37. The quantitative estimate of drug-likeness (QED) is 0.661. The van der Waals surface area contributed by atoms with E-state index in [1.165, 1.54) is 5.56 Å². The molecule has 0 amide bonds. The summed E-state index contributed by atoms with van der Waals surface area (Å²) in [7, 11) is 0. The van der Waals surface area contributed by atoms with Crippen LogP contribution in [0.4, 0.5) is 0 Å².